The number of aromatic hydroxyl groups is 1. The number of allylic oxidation sites excluding steroid dienone is 2. The Morgan fingerprint density at radius 2 is 1.94 bits per heavy atom. The molecule has 6 heteroatoms. The molecule has 1 saturated carbocycles. The number of ether oxygens (including phenoxy) is 1. The maximum Gasteiger partial charge on any atom is 0.234 e. The summed E-state index contributed by atoms with van der Waals surface area (Å²) in [5.41, 5.74) is 4.57. The number of imide groups is 1. The highest BCUT2D eigenvalue weighted by Crippen LogP contribution is 2.50. The first-order chi connectivity index (χ1) is 16.3. The lowest BCUT2D eigenvalue weighted by Gasteiger charge is -2.31. The summed E-state index contributed by atoms with van der Waals surface area (Å²) in [7, 11) is 0. The van der Waals surface area contributed by atoms with E-state index in [1.54, 1.807) is 17.0 Å². The maximum atomic E-state index is 13.5. The number of rotatable bonds is 5. The summed E-state index contributed by atoms with van der Waals surface area (Å²) in [5.74, 6) is -0.142. The number of halogens is 1. The van der Waals surface area contributed by atoms with E-state index in [1.807, 2.05) is 12.1 Å². The minimum Gasteiger partial charge on any atom is -0.508 e. The van der Waals surface area contributed by atoms with Crippen LogP contribution < -0.4 is 0 Å². The summed E-state index contributed by atoms with van der Waals surface area (Å²) in [6.45, 7) is 4.73. The van der Waals surface area contributed by atoms with Crippen LogP contribution in [0, 0.1) is 17.8 Å². The monoisotopic (exact) mass is 483 g/mol. The predicted molar refractivity (Wildman–Crippen MR) is 132 cm³/mol. The average Bonchev–Trinajstić information content (AvgIpc) is 3.34. The maximum absolute atomic E-state index is 13.5. The molecule has 5 rings (SSSR count). The smallest absolute Gasteiger partial charge is 0.234 e. The van der Waals surface area contributed by atoms with Gasteiger partial charge in [0.15, 0.2) is 0 Å². The van der Waals surface area contributed by atoms with Gasteiger partial charge in [-0.15, -0.1) is 0 Å². The van der Waals surface area contributed by atoms with Gasteiger partial charge in [-0.1, -0.05) is 48.1 Å². The number of hydrogen-bond acceptors (Lipinski definition) is 4. The van der Waals surface area contributed by atoms with Crippen LogP contribution in [0.25, 0.3) is 6.08 Å². The van der Waals surface area contributed by atoms with E-state index in [0.717, 1.165) is 44.1 Å². The number of amides is 2. The summed E-state index contributed by atoms with van der Waals surface area (Å²) in [4.78, 5) is 28.5. The van der Waals surface area contributed by atoms with Crippen molar-refractivity contribution in [2.24, 2.45) is 17.8 Å². The first-order valence-corrected chi connectivity index (χ1v) is 13.1. The molecule has 1 N–H and O–H groups in total. The molecule has 1 aromatic rings. The highest BCUT2D eigenvalue weighted by Gasteiger charge is 2.57. The van der Waals surface area contributed by atoms with Crippen LogP contribution in [0.2, 0.25) is 5.02 Å². The Bertz CT molecular complexity index is 1050. The molecule has 5 nitrogen and oxygen atoms in total. The Kier molecular flexibility index (Phi) is 6.60. The van der Waals surface area contributed by atoms with E-state index in [-0.39, 0.29) is 47.5 Å². The molecule has 2 aliphatic carbocycles. The zero-order valence-corrected chi connectivity index (χ0v) is 20.8. The van der Waals surface area contributed by atoms with Crippen molar-refractivity contribution in [1.29, 1.82) is 0 Å². The third kappa shape index (κ3) is 4.22. The van der Waals surface area contributed by atoms with E-state index in [0.29, 0.717) is 18.1 Å². The minimum absolute atomic E-state index is 0.00350. The SMILES string of the molecule is CC1=C2[C@@H](CC/C(C)=C/c3ccc(O)cc3Cl)OC[C@@H]2[C@@H]2C(=O)N(C3CCCCC3)C(=O)[C@@H]2C1. The summed E-state index contributed by atoms with van der Waals surface area (Å²) >= 11 is 6.26. The van der Waals surface area contributed by atoms with Gasteiger partial charge in [0.1, 0.15) is 5.75 Å². The molecule has 2 aliphatic heterocycles. The van der Waals surface area contributed by atoms with Crippen molar-refractivity contribution in [1.82, 2.24) is 4.90 Å². The first kappa shape index (κ1) is 23.6. The van der Waals surface area contributed by atoms with Crippen LogP contribution in [0.3, 0.4) is 0 Å². The molecule has 1 aromatic carbocycles. The fourth-order valence-corrected chi connectivity index (χ4v) is 6.91. The summed E-state index contributed by atoms with van der Waals surface area (Å²) < 4.78 is 6.26. The number of phenolic OH excluding ortho intramolecular Hbond substituents is 1. The number of phenols is 1. The Labute approximate surface area is 206 Å². The van der Waals surface area contributed by atoms with Crippen molar-refractivity contribution < 1.29 is 19.4 Å². The van der Waals surface area contributed by atoms with Crippen molar-refractivity contribution in [2.75, 3.05) is 6.61 Å². The predicted octanol–water partition coefficient (Wildman–Crippen LogP) is 5.90. The number of benzene rings is 1. The Morgan fingerprint density at radius 3 is 2.68 bits per heavy atom. The van der Waals surface area contributed by atoms with Crippen LogP contribution in [0.1, 0.15) is 70.8 Å². The van der Waals surface area contributed by atoms with Gasteiger partial charge in [0.05, 0.1) is 29.6 Å². The summed E-state index contributed by atoms with van der Waals surface area (Å²) in [6.07, 6.45) is 9.75. The van der Waals surface area contributed by atoms with Gasteiger partial charge in [0.25, 0.3) is 0 Å². The van der Waals surface area contributed by atoms with Crippen LogP contribution in [-0.4, -0.2) is 40.6 Å². The van der Waals surface area contributed by atoms with Gasteiger partial charge >= 0.3 is 0 Å². The van der Waals surface area contributed by atoms with Crippen LogP contribution in [-0.2, 0) is 14.3 Å². The standard InChI is InChI=1S/C28H34ClNO4/c1-16(12-18-9-10-20(31)14-23(18)29)8-11-24-25-17(2)13-21-26(22(25)15-34-24)28(33)30(27(21)32)19-6-4-3-5-7-19/h9-10,12,14,19,21-22,24,26,31H,3-8,11,13,15H2,1-2H3/b16-12+/t21-,22+,24-,26-/m1/s1. The van der Waals surface area contributed by atoms with Gasteiger partial charge in [-0.3, -0.25) is 14.5 Å². The molecule has 0 radical (unpaired) electrons. The van der Waals surface area contributed by atoms with Crippen molar-refractivity contribution in [3.8, 4) is 5.75 Å². The fraction of sp³-hybridized carbons (Fsp3) is 0.571. The van der Waals surface area contributed by atoms with Gasteiger partial charge < -0.3 is 9.84 Å². The van der Waals surface area contributed by atoms with Crippen molar-refractivity contribution in [2.45, 2.75) is 77.4 Å². The average molecular weight is 484 g/mol. The molecule has 3 fully saturated rings. The molecule has 0 unspecified atom stereocenters. The number of likely N-dealkylation sites (tertiary alicyclic amines) is 1. The van der Waals surface area contributed by atoms with E-state index in [2.05, 4.69) is 13.8 Å². The normalized spacial score (nSPS) is 30.2. The summed E-state index contributed by atoms with van der Waals surface area (Å²) in [6, 6.07) is 5.10. The highest BCUT2D eigenvalue weighted by atomic mass is 35.5. The molecule has 4 aliphatic rings. The number of hydrogen-bond donors (Lipinski definition) is 1. The van der Waals surface area contributed by atoms with E-state index in [9.17, 15) is 14.7 Å². The topological polar surface area (TPSA) is 66.8 Å². The van der Waals surface area contributed by atoms with Gasteiger partial charge in [0.2, 0.25) is 11.8 Å². The highest BCUT2D eigenvalue weighted by molar-refractivity contribution is 6.32. The van der Waals surface area contributed by atoms with Gasteiger partial charge in [0, 0.05) is 12.0 Å². The Balaban J connectivity index is 1.29. The lowest BCUT2D eigenvalue weighted by Crippen LogP contribution is -2.42. The van der Waals surface area contributed by atoms with E-state index in [1.165, 1.54) is 23.1 Å². The molecule has 2 amide bonds. The second kappa shape index (κ2) is 9.50. The van der Waals surface area contributed by atoms with E-state index >= 15 is 0 Å². The number of fused-ring (bicyclic) bond motifs is 3. The molecular formula is C28H34ClNO4. The lowest BCUT2D eigenvalue weighted by atomic mass is 9.70. The van der Waals surface area contributed by atoms with Crippen LogP contribution in [0.15, 0.2) is 34.9 Å². The molecule has 4 atom stereocenters. The lowest BCUT2D eigenvalue weighted by molar-refractivity contribution is -0.143. The summed E-state index contributed by atoms with van der Waals surface area (Å²) in [5, 5.41) is 10.1. The Hall–Kier alpha value is -2.11. The van der Waals surface area contributed by atoms with Gasteiger partial charge in [-0.05, 0) is 75.3 Å². The number of carbonyl (C=O) groups excluding carboxylic acids is 2. The largest absolute Gasteiger partial charge is 0.508 e. The Morgan fingerprint density at radius 1 is 1.18 bits per heavy atom. The van der Waals surface area contributed by atoms with Crippen LogP contribution in [0.4, 0.5) is 0 Å². The third-order valence-electron chi connectivity index (χ3n) is 8.31. The number of nitrogens with zero attached hydrogens (tertiary/aromatic N) is 1. The molecule has 2 heterocycles. The molecular weight excluding hydrogens is 450 g/mol. The van der Waals surface area contributed by atoms with Gasteiger partial charge in [-0.25, -0.2) is 0 Å². The molecule has 0 aromatic heterocycles. The molecule has 0 bridgehead atoms. The van der Waals surface area contributed by atoms with Crippen molar-refractivity contribution in [3.63, 3.8) is 0 Å². The van der Waals surface area contributed by atoms with Crippen LogP contribution in [0.5, 0.6) is 5.75 Å². The third-order valence-corrected chi connectivity index (χ3v) is 8.64. The first-order valence-electron chi connectivity index (χ1n) is 12.7. The zero-order chi connectivity index (χ0) is 24.0. The minimum atomic E-state index is -0.245. The van der Waals surface area contributed by atoms with Crippen molar-refractivity contribution >= 4 is 29.5 Å². The fourth-order valence-electron chi connectivity index (χ4n) is 6.68. The van der Waals surface area contributed by atoms with Gasteiger partial charge in [-0.2, -0.15) is 0 Å². The quantitative estimate of drug-likeness (QED) is 0.418. The molecule has 182 valence electrons. The molecule has 0 spiro atoms. The second-order valence-electron chi connectivity index (χ2n) is 10.6. The van der Waals surface area contributed by atoms with E-state index in [4.69, 9.17) is 16.3 Å². The van der Waals surface area contributed by atoms with E-state index < -0.39 is 0 Å². The molecule has 34 heavy (non-hydrogen) atoms. The second-order valence-corrected chi connectivity index (χ2v) is 11.0. The number of carbonyl (C=O) groups is 2. The molecule has 2 saturated heterocycles. The van der Waals surface area contributed by atoms with Crippen LogP contribution >= 0.6 is 11.6 Å². The van der Waals surface area contributed by atoms with Crippen molar-refractivity contribution in [3.05, 3.63) is 45.5 Å². The zero-order valence-electron chi connectivity index (χ0n) is 20.1.